The van der Waals surface area contributed by atoms with Gasteiger partial charge in [-0.3, -0.25) is 14.4 Å². The number of aromatic nitrogens is 1. The maximum absolute atomic E-state index is 12.5. The first-order valence-corrected chi connectivity index (χ1v) is 11.0. The second-order valence-corrected chi connectivity index (χ2v) is 8.38. The highest BCUT2D eigenvalue weighted by atomic mass is 32.2. The fourth-order valence-corrected chi connectivity index (χ4v) is 4.56. The molecule has 3 rings (SSSR count). The van der Waals surface area contributed by atoms with Gasteiger partial charge in [-0.2, -0.15) is 0 Å². The second kappa shape index (κ2) is 9.34. The molecule has 3 heterocycles. The van der Waals surface area contributed by atoms with Crippen LogP contribution in [0.3, 0.4) is 0 Å². The monoisotopic (exact) mass is 469 g/mol. The molecule has 2 amide bonds. The SMILES string of the molecule is CCC(=O)OC(C)OC(=O)C1=CN2C(=O)C(NC(=O)C(=NO)c3csc(N)n3)[C@H]2SC1. The summed E-state index contributed by atoms with van der Waals surface area (Å²) in [7, 11) is 0. The van der Waals surface area contributed by atoms with Crippen LogP contribution in [0.1, 0.15) is 26.0 Å². The quantitative estimate of drug-likeness (QED) is 0.123. The van der Waals surface area contributed by atoms with Gasteiger partial charge in [0.25, 0.3) is 11.8 Å². The summed E-state index contributed by atoms with van der Waals surface area (Å²) in [6, 6.07) is -0.872. The number of thiazole rings is 1. The molecule has 0 spiro atoms. The first kappa shape index (κ1) is 22.6. The molecule has 2 aliphatic heterocycles. The number of nitrogens with one attached hydrogen (secondary N) is 1. The molecule has 0 aromatic carbocycles. The number of nitrogens with two attached hydrogens (primary N) is 1. The van der Waals surface area contributed by atoms with Crippen LogP contribution in [-0.4, -0.2) is 68.0 Å². The van der Waals surface area contributed by atoms with E-state index < -0.39 is 41.5 Å². The van der Waals surface area contributed by atoms with E-state index >= 15 is 0 Å². The zero-order valence-electron chi connectivity index (χ0n) is 16.4. The normalized spacial score (nSPS) is 21.4. The summed E-state index contributed by atoms with van der Waals surface area (Å²) in [6.45, 7) is 3.03. The molecule has 4 N–H and O–H groups in total. The summed E-state index contributed by atoms with van der Waals surface area (Å²) in [6.07, 6.45) is 0.444. The van der Waals surface area contributed by atoms with E-state index in [1.165, 1.54) is 35.2 Å². The Hall–Kier alpha value is -3.13. The number of hydrogen-bond acceptors (Lipinski definition) is 12. The van der Waals surface area contributed by atoms with Crippen LogP contribution in [-0.2, 0) is 28.7 Å². The zero-order chi connectivity index (χ0) is 22.7. The van der Waals surface area contributed by atoms with Crippen LogP contribution in [0.15, 0.2) is 22.3 Å². The Bertz CT molecular complexity index is 976. The van der Waals surface area contributed by atoms with E-state index in [1.54, 1.807) is 6.92 Å². The number of oxime groups is 1. The Morgan fingerprint density at radius 1 is 1.45 bits per heavy atom. The minimum absolute atomic E-state index is 0.0882. The van der Waals surface area contributed by atoms with Crippen molar-refractivity contribution >= 4 is 57.7 Å². The molecule has 0 radical (unpaired) electrons. The third kappa shape index (κ3) is 4.80. The van der Waals surface area contributed by atoms with Crippen molar-refractivity contribution in [3.63, 3.8) is 0 Å². The lowest BCUT2D eigenvalue weighted by molar-refractivity contribution is -0.181. The Balaban J connectivity index is 1.60. The summed E-state index contributed by atoms with van der Waals surface area (Å²) in [4.78, 5) is 53.6. The van der Waals surface area contributed by atoms with E-state index in [4.69, 9.17) is 20.4 Å². The molecule has 0 aliphatic carbocycles. The van der Waals surface area contributed by atoms with Gasteiger partial charge in [0.15, 0.2) is 10.8 Å². The summed E-state index contributed by atoms with van der Waals surface area (Å²) >= 11 is 2.32. The second-order valence-electron chi connectivity index (χ2n) is 6.39. The van der Waals surface area contributed by atoms with Crippen molar-refractivity contribution in [2.45, 2.75) is 38.0 Å². The zero-order valence-corrected chi connectivity index (χ0v) is 18.1. The molecule has 3 atom stereocenters. The Kier molecular flexibility index (Phi) is 6.80. The van der Waals surface area contributed by atoms with Gasteiger partial charge in [0, 0.05) is 30.7 Å². The van der Waals surface area contributed by atoms with Gasteiger partial charge < -0.3 is 30.6 Å². The summed E-state index contributed by atoms with van der Waals surface area (Å²) in [5.74, 6) is -2.23. The lowest BCUT2D eigenvalue weighted by Gasteiger charge is -2.47. The smallest absolute Gasteiger partial charge is 0.339 e. The average Bonchev–Trinajstić information content (AvgIpc) is 3.17. The number of esters is 2. The van der Waals surface area contributed by atoms with Gasteiger partial charge in [0.05, 0.1) is 5.57 Å². The van der Waals surface area contributed by atoms with Crippen molar-refractivity contribution in [2.24, 2.45) is 5.16 Å². The summed E-state index contributed by atoms with van der Waals surface area (Å²) in [5.41, 5.74) is 5.46. The minimum Gasteiger partial charge on any atom is -0.425 e. The third-order valence-corrected chi connectivity index (χ3v) is 6.26. The van der Waals surface area contributed by atoms with Crippen molar-refractivity contribution in [3.8, 4) is 0 Å². The van der Waals surface area contributed by atoms with Gasteiger partial charge >= 0.3 is 11.9 Å². The summed E-state index contributed by atoms with van der Waals surface area (Å²) < 4.78 is 9.95. The van der Waals surface area contributed by atoms with Gasteiger partial charge in [0.1, 0.15) is 17.1 Å². The number of thioether (sulfide) groups is 1. The van der Waals surface area contributed by atoms with Crippen LogP contribution < -0.4 is 11.1 Å². The van der Waals surface area contributed by atoms with Crippen molar-refractivity contribution in [3.05, 3.63) is 22.8 Å². The fourth-order valence-electron chi connectivity index (χ4n) is 2.76. The number of hydrogen-bond donors (Lipinski definition) is 3. The van der Waals surface area contributed by atoms with Crippen LogP contribution in [0, 0.1) is 0 Å². The highest BCUT2D eigenvalue weighted by Gasteiger charge is 2.50. The van der Waals surface area contributed by atoms with Crippen molar-refractivity contribution in [1.29, 1.82) is 0 Å². The molecule has 0 bridgehead atoms. The van der Waals surface area contributed by atoms with E-state index in [1.807, 2.05) is 0 Å². The molecule has 14 heteroatoms. The molecule has 1 aromatic heterocycles. The predicted molar refractivity (Wildman–Crippen MR) is 110 cm³/mol. The van der Waals surface area contributed by atoms with E-state index in [0.717, 1.165) is 11.3 Å². The van der Waals surface area contributed by atoms with E-state index in [9.17, 15) is 19.2 Å². The number of nitrogen functional groups attached to an aromatic ring is 1. The average molecular weight is 470 g/mol. The van der Waals surface area contributed by atoms with Gasteiger partial charge in [-0.1, -0.05) is 12.1 Å². The molecular weight excluding hydrogens is 450 g/mol. The molecule has 0 saturated carbocycles. The lowest BCUT2D eigenvalue weighted by Crippen LogP contribution is -2.69. The highest BCUT2D eigenvalue weighted by molar-refractivity contribution is 8.00. The van der Waals surface area contributed by atoms with Gasteiger partial charge in [0.2, 0.25) is 6.29 Å². The number of rotatable bonds is 7. The lowest BCUT2D eigenvalue weighted by atomic mass is 10.1. The van der Waals surface area contributed by atoms with Crippen molar-refractivity contribution in [2.75, 3.05) is 11.5 Å². The molecule has 1 saturated heterocycles. The Morgan fingerprint density at radius 2 is 2.19 bits per heavy atom. The Labute approximate surface area is 184 Å². The highest BCUT2D eigenvalue weighted by Crippen LogP contribution is 2.36. The van der Waals surface area contributed by atoms with Crippen LogP contribution in [0.4, 0.5) is 5.13 Å². The minimum atomic E-state index is -1.06. The number of carbonyl (C=O) groups excluding carboxylic acids is 4. The van der Waals surface area contributed by atoms with Gasteiger partial charge in [-0.05, 0) is 0 Å². The molecule has 1 aromatic rings. The largest absolute Gasteiger partial charge is 0.425 e. The van der Waals surface area contributed by atoms with Gasteiger partial charge in [-0.15, -0.1) is 23.1 Å². The molecular formula is C17H19N5O7S2. The number of fused-ring (bicyclic) bond motifs is 1. The van der Waals surface area contributed by atoms with E-state index in [0.29, 0.717) is 0 Å². The van der Waals surface area contributed by atoms with Crippen molar-refractivity contribution < 1.29 is 33.9 Å². The molecule has 31 heavy (non-hydrogen) atoms. The topological polar surface area (TPSA) is 174 Å². The van der Waals surface area contributed by atoms with Crippen LogP contribution in [0.2, 0.25) is 0 Å². The summed E-state index contributed by atoms with van der Waals surface area (Å²) in [5, 5.41) is 15.8. The fraction of sp³-hybridized carbons (Fsp3) is 0.412. The first-order chi connectivity index (χ1) is 14.7. The number of anilines is 1. The maximum Gasteiger partial charge on any atom is 0.339 e. The number of β-lactam (4-membered cyclic amide) rings is 1. The molecule has 12 nitrogen and oxygen atoms in total. The van der Waals surface area contributed by atoms with Crippen LogP contribution >= 0.6 is 23.1 Å². The first-order valence-electron chi connectivity index (χ1n) is 9.04. The maximum atomic E-state index is 12.5. The third-order valence-electron chi connectivity index (χ3n) is 4.27. The predicted octanol–water partition coefficient (Wildman–Crippen LogP) is 0.0298. The number of carbonyl (C=O) groups is 4. The van der Waals surface area contributed by atoms with E-state index in [-0.39, 0.29) is 34.3 Å². The molecule has 166 valence electrons. The van der Waals surface area contributed by atoms with E-state index in [2.05, 4.69) is 15.5 Å². The molecule has 2 aliphatic rings. The molecule has 1 fully saturated rings. The number of nitrogens with zero attached hydrogens (tertiary/aromatic N) is 3. The number of amides is 2. The van der Waals surface area contributed by atoms with Gasteiger partial charge in [-0.25, -0.2) is 9.78 Å². The Morgan fingerprint density at radius 3 is 2.81 bits per heavy atom. The number of ether oxygens (including phenoxy) is 2. The van der Waals surface area contributed by atoms with Crippen molar-refractivity contribution in [1.82, 2.24) is 15.2 Å². The molecule has 2 unspecified atom stereocenters. The standard InChI is InChI=1S/C17H19N5O7S2/c1-3-10(23)28-7(2)29-16(26)8-4-22-14(25)12(15(22)30-5-8)20-13(24)11(21-27)9-6-31-17(18)19-9/h4,6-7,12,15,27H,3,5H2,1-2H3,(H2,18,19)(H,20,24)/t7?,12?,15-/m1/s1. The van der Waals surface area contributed by atoms with Crippen LogP contribution in [0.25, 0.3) is 0 Å². The van der Waals surface area contributed by atoms with Crippen LogP contribution in [0.5, 0.6) is 0 Å².